The normalized spacial score (nSPS) is 12.7. The van der Waals surface area contributed by atoms with E-state index in [2.05, 4.69) is 52.7 Å². The molecule has 1 heteroatoms. The fourth-order valence-corrected chi connectivity index (χ4v) is 1.81. The number of allylic oxidation sites excluding steroid dienone is 3. The van der Waals surface area contributed by atoms with Crippen molar-refractivity contribution < 1.29 is 0 Å². The van der Waals surface area contributed by atoms with Crippen LogP contribution in [0.5, 0.6) is 0 Å². The van der Waals surface area contributed by atoms with Gasteiger partial charge in [0.25, 0.3) is 0 Å². The Bertz CT molecular complexity index is 157. The molecule has 0 aliphatic carbocycles. The molecule has 0 aliphatic rings. The first-order valence-electron chi connectivity index (χ1n) is 5.24. The van der Waals surface area contributed by atoms with Gasteiger partial charge in [-0.2, -0.15) is 0 Å². The lowest BCUT2D eigenvalue weighted by Crippen LogP contribution is -1.82. The summed E-state index contributed by atoms with van der Waals surface area (Å²) in [4.78, 5) is 0. The van der Waals surface area contributed by atoms with Gasteiger partial charge in [0.05, 0.1) is 0 Å². The van der Waals surface area contributed by atoms with Gasteiger partial charge in [0.15, 0.2) is 0 Å². The van der Waals surface area contributed by atoms with Crippen LogP contribution in [-0.4, -0.2) is 0 Å². The third kappa shape index (κ3) is 8.54. The Balaban J connectivity index is 3.49. The largest absolute Gasteiger partial charge is 0.0913 e. The van der Waals surface area contributed by atoms with Crippen LogP contribution in [0.2, 0.25) is 0 Å². The fourth-order valence-electron chi connectivity index (χ4n) is 1.25. The molecule has 0 aliphatic heterocycles. The molecule has 0 rings (SSSR count). The topological polar surface area (TPSA) is 0 Å². The average molecular weight is 292 g/mol. The van der Waals surface area contributed by atoms with Crippen molar-refractivity contribution in [1.82, 2.24) is 0 Å². The van der Waals surface area contributed by atoms with Crippen molar-refractivity contribution >= 4 is 22.6 Å². The Morgan fingerprint density at radius 1 is 1.23 bits per heavy atom. The monoisotopic (exact) mass is 292 g/mol. The standard InChI is InChI=1S/C12H21I/c1-3-5-7-8-10-12(11-13)9-6-4-2/h4,6,11H,3,5,7-10H2,1-2H3/b6-4+,12-11+. The summed E-state index contributed by atoms with van der Waals surface area (Å²) in [5.41, 5.74) is 1.58. The lowest BCUT2D eigenvalue weighted by Gasteiger charge is -2.02. The predicted molar refractivity (Wildman–Crippen MR) is 70.3 cm³/mol. The third-order valence-electron chi connectivity index (χ3n) is 2.12. The quantitative estimate of drug-likeness (QED) is 0.342. The number of rotatable bonds is 7. The van der Waals surface area contributed by atoms with E-state index in [4.69, 9.17) is 0 Å². The SMILES string of the molecule is C/C=C/C/C(=C\I)CCCCCC. The van der Waals surface area contributed by atoms with Gasteiger partial charge < -0.3 is 0 Å². The van der Waals surface area contributed by atoms with Crippen LogP contribution < -0.4 is 0 Å². The summed E-state index contributed by atoms with van der Waals surface area (Å²) >= 11 is 2.35. The highest BCUT2D eigenvalue weighted by Crippen LogP contribution is 2.15. The summed E-state index contributed by atoms with van der Waals surface area (Å²) in [6.45, 7) is 4.34. The van der Waals surface area contributed by atoms with Crippen molar-refractivity contribution in [2.24, 2.45) is 0 Å². The van der Waals surface area contributed by atoms with Gasteiger partial charge in [-0.25, -0.2) is 0 Å². The molecule has 0 saturated heterocycles. The van der Waals surface area contributed by atoms with E-state index in [9.17, 15) is 0 Å². The molecular weight excluding hydrogens is 271 g/mol. The van der Waals surface area contributed by atoms with E-state index >= 15 is 0 Å². The van der Waals surface area contributed by atoms with E-state index < -0.39 is 0 Å². The van der Waals surface area contributed by atoms with Crippen molar-refractivity contribution in [2.75, 3.05) is 0 Å². The van der Waals surface area contributed by atoms with E-state index in [0.717, 1.165) is 6.42 Å². The number of unbranched alkanes of at least 4 members (excludes halogenated alkanes) is 3. The lowest BCUT2D eigenvalue weighted by atomic mass is 10.1. The van der Waals surface area contributed by atoms with Crippen molar-refractivity contribution in [2.45, 2.75) is 52.4 Å². The lowest BCUT2D eigenvalue weighted by molar-refractivity contribution is 0.661. The minimum Gasteiger partial charge on any atom is -0.0913 e. The molecule has 0 spiro atoms. The molecule has 0 fully saturated rings. The molecule has 0 bridgehead atoms. The van der Waals surface area contributed by atoms with Crippen molar-refractivity contribution in [3.63, 3.8) is 0 Å². The van der Waals surface area contributed by atoms with Gasteiger partial charge >= 0.3 is 0 Å². The Morgan fingerprint density at radius 2 is 2.00 bits per heavy atom. The first kappa shape index (κ1) is 13.2. The zero-order chi connectivity index (χ0) is 9.94. The second-order valence-corrected chi connectivity index (χ2v) is 3.97. The molecule has 0 radical (unpaired) electrons. The minimum atomic E-state index is 1.14. The molecular formula is C12H21I. The van der Waals surface area contributed by atoms with Crippen molar-refractivity contribution in [1.29, 1.82) is 0 Å². The highest BCUT2D eigenvalue weighted by molar-refractivity contribution is 14.1. The highest BCUT2D eigenvalue weighted by Gasteiger charge is 1.94. The molecule has 0 unspecified atom stereocenters. The first-order chi connectivity index (χ1) is 6.35. The Kier molecular flexibility index (Phi) is 10.5. The van der Waals surface area contributed by atoms with Gasteiger partial charge in [-0.05, 0) is 30.3 Å². The molecule has 0 N–H and O–H groups in total. The number of hydrogen-bond acceptors (Lipinski definition) is 0. The predicted octanol–water partition coefficient (Wildman–Crippen LogP) is 5.24. The fraction of sp³-hybridized carbons (Fsp3) is 0.667. The molecule has 0 saturated carbocycles. The molecule has 0 nitrogen and oxygen atoms in total. The minimum absolute atomic E-state index is 1.14. The van der Waals surface area contributed by atoms with Crippen LogP contribution in [-0.2, 0) is 0 Å². The van der Waals surface area contributed by atoms with Gasteiger partial charge in [0, 0.05) is 0 Å². The maximum Gasteiger partial charge on any atom is -0.0131 e. The first-order valence-corrected chi connectivity index (χ1v) is 6.49. The van der Waals surface area contributed by atoms with Crippen LogP contribution in [0.25, 0.3) is 0 Å². The smallest absolute Gasteiger partial charge is 0.0131 e. The molecule has 0 amide bonds. The maximum absolute atomic E-state index is 2.35. The van der Waals surface area contributed by atoms with Crippen molar-refractivity contribution in [3.8, 4) is 0 Å². The van der Waals surface area contributed by atoms with Crippen LogP contribution in [0.4, 0.5) is 0 Å². The number of halogens is 1. The summed E-state index contributed by atoms with van der Waals surface area (Å²) in [6.07, 6.45) is 12.3. The second-order valence-electron chi connectivity index (χ2n) is 3.35. The van der Waals surface area contributed by atoms with Crippen LogP contribution in [0.3, 0.4) is 0 Å². The Hall–Kier alpha value is 0.210. The van der Waals surface area contributed by atoms with Gasteiger partial charge in [0.1, 0.15) is 0 Å². The zero-order valence-corrected chi connectivity index (χ0v) is 11.0. The molecule has 76 valence electrons. The van der Waals surface area contributed by atoms with E-state index in [1.165, 1.54) is 32.1 Å². The summed E-state index contributed by atoms with van der Waals surface area (Å²) in [6, 6.07) is 0. The maximum atomic E-state index is 2.35. The summed E-state index contributed by atoms with van der Waals surface area (Å²) in [7, 11) is 0. The molecule has 0 aromatic rings. The molecule has 0 aromatic heterocycles. The van der Waals surface area contributed by atoms with Crippen molar-refractivity contribution in [3.05, 3.63) is 21.8 Å². The van der Waals surface area contributed by atoms with Crippen LogP contribution in [0.15, 0.2) is 21.8 Å². The van der Waals surface area contributed by atoms with Gasteiger partial charge in [-0.1, -0.05) is 66.5 Å². The molecule has 0 aromatic carbocycles. The Labute approximate surface area is 96.6 Å². The molecule has 0 atom stereocenters. The Morgan fingerprint density at radius 3 is 2.54 bits per heavy atom. The van der Waals surface area contributed by atoms with E-state index in [0.29, 0.717) is 0 Å². The van der Waals surface area contributed by atoms with E-state index in [1.54, 1.807) is 5.57 Å². The summed E-state index contributed by atoms with van der Waals surface area (Å²) < 4.78 is 2.24. The van der Waals surface area contributed by atoms with Crippen LogP contribution >= 0.6 is 22.6 Å². The summed E-state index contributed by atoms with van der Waals surface area (Å²) in [5, 5.41) is 0. The summed E-state index contributed by atoms with van der Waals surface area (Å²) in [5.74, 6) is 0. The van der Waals surface area contributed by atoms with Gasteiger partial charge in [-0.3, -0.25) is 0 Å². The van der Waals surface area contributed by atoms with Gasteiger partial charge in [0.2, 0.25) is 0 Å². The van der Waals surface area contributed by atoms with Crippen LogP contribution in [0, 0.1) is 0 Å². The van der Waals surface area contributed by atoms with Gasteiger partial charge in [-0.15, -0.1) is 0 Å². The third-order valence-corrected chi connectivity index (χ3v) is 3.00. The average Bonchev–Trinajstić information content (AvgIpc) is 2.17. The van der Waals surface area contributed by atoms with E-state index in [-0.39, 0.29) is 0 Å². The zero-order valence-electron chi connectivity index (χ0n) is 8.85. The van der Waals surface area contributed by atoms with Crippen LogP contribution in [0.1, 0.15) is 52.4 Å². The second kappa shape index (κ2) is 10.3. The number of hydrogen-bond donors (Lipinski definition) is 0. The highest BCUT2D eigenvalue weighted by atomic mass is 127. The molecule has 0 heterocycles. The molecule has 13 heavy (non-hydrogen) atoms. The van der Waals surface area contributed by atoms with E-state index in [1.807, 2.05) is 0 Å².